The van der Waals surface area contributed by atoms with E-state index in [9.17, 15) is 15.3 Å². The topological polar surface area (TPSA) is 121 Å². The Morgan fingerprint density at radius 1 is 1.16 bits per heavy atom. The van der Waals surface area contributed by atoms with Gasteiger partial charge in [0.25, 0.3) is 0 Å². The van der Waals surface area contributed by atoms with Crippen molar-refractivity contribution in [2.24, 2.45) is 0 Å². The number of thioether (sulfide) groups is 1. The molecule has 25 heavy (non-hydrogen) atoms. The lowest BCUT2D eigenvalue weighted by Gasteiger charge is -2.39. The molecule has 1 fully saturated rings. The predicted molar refractivity (Wildman–Crippen MR) is 90.8 cm³/mol. The Balaban J connectivity index is 1.50. The molecule has 3 rings (SSSR count). The Morgan fingerprint density at radius 3 is 2.60 bits per heavy atom. The Labute approximate surface area is 149 Å². The molecule has 0 radical (unpaired) electrons. The van der Waals surface area contributed by atoms with Crippen molar-refractivity contribution in [1.82, 2.24) is 15.4 Å². The smallest absolute Gasteiger partial charge is 0.134 e. The second kappa shape index (κ2) is 8.15. The van der Waals surface area contributed by atoms with Gasteiger partial charge in [0.2, 0.25) is 0 Å². The van der Waals surface area contributed by atoms with E-state index >= 15 is 0 Å². The number of rotatable bonds is 6. The molecule has 4 N–H and O–H groups in total. The maximum absolute atomic E-state index is 10.0. The predicted octanol–water partition coefficient (Wildman–Crippen LogP) is 0.444. The number of aliphatic hydroxyl groups excluding tert-OH is 3. The standard InChI is InChI=1S/C16H21N3O5S/c1-9-13(20)14(21)15(22)16(24-9)25-8-10-2-4-12(5-3-10)23-7-11-6-17-19-18-11/h2-6,9,13-16,20-22H,7-8H2,1H3,(H,17,18,19)/t9?,13-,14?,15?,16+/m1/s1. The van der Waals surface area contributed by atoms with Gasteiger partial charge in [-0.2, -0.15) is 0 Å². The molecule has 1 aliphatic heterocycles. The van der Waals surface area contributed by atoms with E-state index in [2.05, 4.69) is 15.4 Å². The molecule has 2 heterocycles. The zero-order valence-corrected chi connectivity index (χ0v) is 14.5. The highest BCUT2D eigenvalue weighted by Crippen LogP contribution is 2.30. The maximum atomic E-state index is 10.0. The molecule has 5 atom stereocenters. The van der Waals surface area contributed by atoms with Gasteiger partial charge in [-0.15, -0.1) is 16.9 Å². The summed E-state index contributed by atoms with van der Waals surface area (Å²) >= 11 is 1.38. The van der Waals surface area contributed by atoms with E-state index < -0.39 is 29.9 Å². The van der Waals surface area contributed by atoms with Gasteiger partial charge < -0.3 is 24.8 Å². The molecular formula is C16H21N3O5S. The van der Waals surface area contributed by atoms with Crippen molar-refractivity contribution in [3.63, 3.8) is 0 Å². The first-order valence-corrected chi connectivity index (χ1v) is 8.98. The van der Waals surface area contributed by atoms with E-state index in [1.54, 1.807) is 13.1 Å². The first kappa shape index (κ1) is 18.2. The summed E-state index contributed by atoms with van der Waals surface area (Å²) in [6.07, 6.45) is -2.25. The summed E-state index contributed by atoms with van der Waals surface area (Å²) in [6, 6.07) is 7.56. The van der Waals surface area contributed by atoms with Crippen LogP contribution in [-0.2, 0) is 17.1 Å². The van der Waals surface area contributed by atoms with Crippen LogP contribution >= 0.6 is 11.8 Å². The maximum Gasteiger partial charge on any atom is 0.134 e. The van der Waals surface area contributed by atoms with Gasteiger partial charge in [0.1, 0.15) is 41.8 Å². The molecule has 0 spiro atoms. The average molecular weight is 367 g/mol. The van der Waals surface area contributed by atoms with Gasteiger partial charge in [-0.3, -0.25) is 5.10 Å². The summed E-state index contributed by atoms with van der Waals surface area (Å²) in [5, 5.41) is 39.6. The fourth-order valence-corrected chi connectivity index (χ4v) is 3.63. The van der Waals surface area contributed by atoms with Crippen LogP contribution in [0, 0.1) is 0 Å². The minimum atomic E-state index is -1.20. The normalized spacial score (nSPS) is 29.5. The zero-order chi connectivity index (χ0) is 17.8. The monoisotopic (exact) mass is 367 g/mol. The number of hydrogen-bond donors (Lipinski definition) is 4. The molecule has 0 saturated carbocycles. The molecular weight excluding hydrogens is 346 g/mol. The van der Waals surface area contributed by atoms with Crippen molar-refractivity contribution in [3.8, 4) is 5.75 Å². The highest BCUT2D eigenvalue weighted by molar-refractivity contribution is 7.99. The summed E-state index contributed by atoms with van der Waals surface area (Å²) in [7, 11) is 0. The van der Waals surface area contributed by atoms with Crippen LogP contribution in [0.4, 0.5) is 0 Å². The highest BCUT2D eigenvalue weighted by Gasteiger charge is 2.41. The molecule has 2 aromatic rings. The van der Waals surface area contributed by atoms with Crippen LogP contribution in [-0.4, -0.2) is 60.6 Å². The molecule has 8 nitrogen and oxygen atoms in total. The zero-order valence-electron chi connectivity index (χ0n) is 13.6. The number of nitrogens with zero attached hydrogens (tertiary/aromatic N) is 2. The third kappa shape index (κ3) is 4.50. The van der Waals surface area contributed by atoms with Crippen LogP contribution in [0.3, 0.4) is 0 Å². The van der Waals surface area contributed by atoms with Crippen molar-refractivity contribution in [2.75, 3.05) is 0 Å². The number of benzene rings is 1. The highest BCUT2D eigenvalue weighted by atomic mass is 32.2. The number of nitrogens with one attached hydrogen (secondary N) is 1. The fraction of sp³-hybridized carbons (Fsp3) is 0.500. The number of aromatic amines is 1. The molecule has 136 valence electrons. The van der Waals surface area contributed by atoms with Crippen LogP contribution < -0.4 is 4.74 Å². The molecule has 0 aliphatic carbocycles. The molecule has 0 bridgehead atoms. The van der Waals surface area contributed by atoms with Crippen LogP contribution in [0.25, 0.3) is 0 Å². The molecule has 1 aromatic carbocycles. The van der Waals surface area contributed by atoms with E-state index in [4.69, 9.17) is 9.47 Å². The van der Waals surface area contributed by atoms with Gasteiger partial charge in [-0.25, -0.2) is 0 Å². The molecule has 1 aliphatic rings. The molecule has 0 amide bonds. The van der Waals surface area contributed by atoms with E-state index in [0.717, 1.165) is 17.0 Å². The summed E-state index contributed by atoms with van der Waals surface area (Å²) in [4.78, 5) is 0. The Bertz CT molecular complexity index is 654. The number of ether oxygens (including phenoxy) is 2. The van der Waals surface area contributed by atoms with E-state index in [1.807, 2.05) is 24.3 Å². The van der Waals surface area contributed by atoms with E-state index in [-0.39, 0.29) is 0 Å². The van der Waals surface area contributed by atoms with Crippen LogP contribution in [0.15, 0.2) is 30.5 Å². The molecule has 9 heteroatoms. The van der Waals surface area contributed by atoms with Crippen LogP contribution in [0.2, 0.25) is 0 Å². The summed E-state index contributed by atoms with van der Waals surface area (Å²) in [5.41, 5.74) is 1.16. The number of hydrogen-bond acceptors (Lipinski definition) is 8. The minimum absolute atomic E-state index is 0.338. The Morgan fingerprint density at radius 2 is 1.92 bits per heavy atom. The molecule has 1 aromatic heterocycles. The Kier molecular flexibility index (Phi) is 5.92. The number of aliphatic hydroxyl groups is 3. The van der Waals surface area contributed by atoms with Crippen molar-refractivity contribution in [1.29, 1.82) is 0 Å². The van der Waals surface area contributed by atoms with Gasteiger partial charge in [-0.05, 0) is 24.6 Å². The number of aromatic nitrogens is 3. The van der Waals surface area contributed by atoms with Gasteiger partial charge in [0.15, 0.2) is 0 Å². The summed E-state index contributed by atoms with van der Waals surface area (Å²) < 4.78 is 11.2. The summed E-state index contributed by atoms with van der Waals surface area (Å²) in [6.45, 7) is 2.01. The second-order valence-corrected chi connectivity index (χ2v) is 6.98. The lowest BCUT2D eigenvalue weighted by molar-refractivity contribution is -0.192. The van der Waals surface area contributed by atoms with Gasteiger partial charge >= 0.3 is 0 Å². The first-order chi connectivity index (χ1) is 12.0. The minimum Gasteiger partial charge on any atom is -0.487 e. The second-order valence-electron chi connectivity index (χ2n) is 5.89. The SMILES string of the molecule is CC1O[C@@H](SCc2ccc(OCc3c[nH]nn3)cc2)C(O)C(O)[C@@H]1O. The number of H-pyrrole nitrogens is 1. The quantitative estimate of drug-likeness (QED) is 0.581. The van der Waals surface area contributed by atoms with E-state index in [1.165, 1.54) is 11.8 Å². The van der Waals surface area contributed by atoms with Crippen molar-refractivity contribution in [2.45, 2.75) is 49.1 Å². The van der Waals surface area contributed by atoms with Gasteiger partial charge in [-0.1, -0.05) is 17.3 Å². The first-order valence-electron chi connectivity index (χ1n) is 7.93. The van der Waals surface area contributed by atoms with Crippen molar-refractivity contribution < 1.29 is 24.8 Å². The summed E-state index contributed by atoms with van der Waals surface area (Å²) in [5.74, 6) is 1.32. The van der Waals surface area contributed by atoms with Crippen LogP contribution in [0.5, 0.6) is 5.75 Å². The van der Waals surface area contributed by atoms with Crippen molar-refractivity contribution in [3.05, 3.63) is 41.7 Å². The third-order valence-corrected chi connectivity index (χ3v) is 5.22. The van der Waals surface area contributed by atoms with Gasteiger partial charge in [0.05, 0.1) is 6.10 Å². The fourth-order valence-electron chi connectivity index (χ4n) is 2.46. The average Bonchev–Trinajstić information content (AvgIpc) is 3.14. The van der Waals surface area contributed by atoms with Crippen molar-refractivity contribution >= 4 is 11.8 Å². The largest absolute Gasteiger partial charge is 0.487 e. The van der Waals surface area contributed by atoms with E-state index in [0.29, 0.717) is 12.4 Å². The molecule has 1 saturated heterocycles. The van der Waals surface area contributed by atoms with Crippen LogP contribution in [0.1, 0.15) is 18.2 Å². The Hall–Kier alpha value is -1.65. The lowest BCUT2D eigenvalue weighted by Crippen LogP contribution is -2.55. The van der Waals surface area contributed by atoms with Gasteiger partial charge in [0, 0.05) is 11.9 Å². The molecule has 3 unspecified atom stereocenters. The lowest BCUT2D eigenvalue weighted by atomic mass is 10.0. The third-order valence-electron chi connectivity index (χ3n) is 4.00.